The van der Waals surface area contributed by atoms with Crippen molar-refractivity contribution in [3.05, 3.63) is 11.7 Å². The van der Waals surface area contributed by atoms with Crippen molar-refractivity contribution in [2.75, 3.05) is 24.6 Å². The maximum absolute atomic E-state index is 11.4. The second-order valence-corrected chi connectivity index (χ2v) is 7.79. The number of sulfone groups is 1. The van der Waals surface area contributed by atoms with E-state index in [-0.39, 0.29) is 17.4 Å². The summed E-state index contributed by atoms with van der Waals surface area (Å²) in [5.41, 5.74) is 0. The molecular weight excluding hydrogens is 266 g/mol. The third-order valence-corrected chi connectivity index (χ3v) is 5.70. The van der Waals surface area contributed by atoms with E-state index in [1.54, 1.807) is 0 Å². The van der Waals surface area contributed by atoms with Crippen LogP contribution in [0.2, 0.25) is 0 Å². The molecule has 0 aliphatic carbocycles. The van der Waals surface area contributed by atoms with Crippen LogP contribution >= 0.6 is 0 Å². The van der Waals surface area contributed by atoms with Crippen molar-refractivity contribution in [3.63, 3.8) is 0 Å². The number of nitrogens with zero attached hydrogens (tertiary/aromatic N) is 2. The minimum Gasteiger partial charge on any atom is -0.339 e. The van der Waals surface area contributed by atoms with E-state index in [1.165, 1.54) is 12.8 Å². The summed E-state index contributed by atoms with van der Waals surface area (Å²) >= 11 is 0. The molecule has 0 bridgehead atoms. The predicted octanol–water partition coefficient (Wildman–Crippen LogP) is 0.514. The van der Waals surface area contributed by atoms with Gasteiger partial charge in [0.05, 0.1) is 17.4 Å². The fourth-order valence-corrected chi connectivity index (χ4v) is 4.59. The minimum absolute atomic E-state index is 0.101. The molecule has 0 radical (unpaired) electrons. The SMILES string of the molecule is O=S1(=O)CCC(c2nc(CC3CCCNC3)no2)C1. The first-order chi connectivity index (χ1) is 9.12. The van der Waals surface area contributed by atoms with Crippen molar-refractivity contribution in [2.24, 2.45) is 5.92 Å². The first-order valence-corrected chi connectivity index (χ1v) is 8.68. The second kappa shape index (κ2) is 5.20. The molecule has 0 saturated carbocycles. The van der Waals surface area contributed by atoms with Crippen LogP contribution in [0.5, 0.6) is 0 Å². The highest BCUT2D eigenvalue weighted by molar-refractivity contribution is 7.91. The van der Waals surface area contributed by atoms with Crippen molar-refractivity contribution >= 4 is 9.84 Å². The lowest BCUT2D eigenvalue weighted by Crippen LogP contribution is -2.31. The zero-order valence-electron chi connectivity index (χ0n) is 10.8. The third-order valence-electron chi connectivity index (χ3n) is 3.94. The first-order valence-electron chi connectivity index (χ1n) is 6.86. The molecule has 2 saturated heterocycles. The number of piperidine rings is 1. The van der Waals surface area contributed by atoms with Crippen LogP contribution < -0.4 is 5.32 Å². The highest BCUT2D eigenvalue weighted by Crippen LogP contribution is 2.28. The lowest BCUT2D eigenvalue weighted by molar-refractivity contribution is 0.342. The summed E-state index contributed by atoms with van der Waals surface area (Å²) in [6, 6.07) is 0. The maximum atomic E-state index is 11.4. The molecule has 3 rings (SSSR count). The average Bonchev–Trinajstić information content (AvgIpc) is 2.97. The van der Waals surface area contributed by atoms with Gasteiger partial charge in [-0.15, -0.1) is 0 Å². The summed E-state index contributed by atoms with van der Waals surface area (Å²) in [7, 11) is -2.90. The molecule has 1 aromatic rings. The molecular formula is C12H19N3O3S. The monoisotopic (exact) mass is 285 g/mol. The number of hydrogen-bond acceptors (Lipinski definition) is 6. The first kappa shape index (κ1) is 13.1. The standard InChI is InChI=1S/C12H19N3O3S/c16-19(17)5-3-10(8-19)12-14-11(15-18-12)6-9-2-1-4-13-7-9/h9-10,13H,1-8H2. The smallest absolute Gasteiger partial charge is 0.230 e. The summed E-state index contributed by atoms with van der Waals surface area (Å²) in [5, 5.41) is 7.36. The van der Waals surface area contributed by atoms with E-state index < -0.39 is 9.84 Å². The van der Waals surface area contributed by atoms with Gasteiger partial charge in [-0.3, -0.25) is 0 Å². The molecule has 2 aliphatic rings. The Morgan fingerprint density at radius 2 is 2.26 bits per heavy atom. The molecule has 0 spiro atoms. The molecule has 106 valence electrons. The van der Waals surface area contributed by atoms with Gasteiger partial charge in [0, 0.05) is 6.42 Å². The molecule has 2 fully saturated rings. The Balaban J connectivity index is 1.63. The fraction of sp³-hybridized carbons (Fsp3) is 0.833. The van der Waals surface area contributed by atoms with Gasteiger partial charge in [-0.05, 0) is 38.3 Å². The number of nitrogens with one attached hydrogen (secondary N) is 1. The highest BCUT2D eigenvalue weighted by atomic mass is 32.2. The van der Waals surface area contributed by atoms with Crippen molar-refractivity contribution in [1.82, 2.24) is 15.5 Å². The van der Waals surface area contributed by atoms with E-state index in [4.69, 9.17) is 4.52 Å². The van der Waals surface area contributed by atoms with E-state index in [9.17, 15) is 8.42 Å². The lowest BCUT2D eigenvalue weighted by Gasteiger charge is -2.20. The van der Waals surface area contributed by atoms with Gasteiger partial charge in [0.1, 0.15) is 0 Å². The zero-order valence-corrected chi connectivity index (χ0v) is 11.7. The molecule has 19 heavy (non-hydrogen) atoms. The molecule has 6 nitrogen and oxygen atoms in total. The summed E-state index contributed by atoms with van der Waals surface area (Å²) in [6.07, 6.45) is 3.80. The molecule has 0 aromatic carbocycles. The quantitative estimate of drug-likeness (QED) is 0.871. The van der Waals surface area contributed by atoms with Crippen LogP contribution in [0.15, 0.2) is 4.52 Å². The molecule has 7 heteroatoms. The van der Waals surface area contributed by atoms with Crippen LogP contribution in [-0.2, 0) is 16.3 Å². The topological polar surface area (TPSA) is 85.1 Å². The van der Waals surface area contributed by atoms with E-state index in [1.807, 2.05) is 0 Å². The Kier molecular flexibility index (Phi) is 3.58. The van der Waals surface area contributed by atoms with Crippen LogP contribution in [-0.4, -0.2) is 43.2 Å². The maximum Gasteiger partial charge on any atom is 0.230 e. The summed E-state index contributed by atoms with van der Waals surface area (Å²) < 4.78 is 28.1. The Labute approximate surface area is 112 Å². The Hall–Kier alpha value is -0.950. The van der Waals surface area contributed by atoms with Crippen LogP contribution in [0, 0.1) is 5.92 Å². The van der Waals surface area contributed by atoms with Gasteiger partial charge in [-0.1, -0.05) is 5.16 Å². The molecule has 2 aliphatic heterocycles. The molecule has 2 unspecified atom stereocenters. The van der Waals surface area contributed by atoms with E-state index >= 15 is 0 Å². The number of hydrogen-bond donors (Lipinski definition) is 1. The van der Waals surface area contributed by atoms with Gasteiger partial charge in [-0.2, -0.15) is 4.98 Å². The number of rotatable bonds is 3. The Morgan fingerprint density at radius 1 is 1.37 bits per heavy atom. The van der Waals surface area contributed by atoms with Crippen molar-refractivity contribution in [1.29, 1.82) is 0 Å². The molecule has 0 amide bonds. The van der Waals surface area contributed by atoms with E-state index in [0.717, 1.165) is 19.5 Å². The normalized spacial score (nSPS) is 30.5. The summed E-state index contributed by atoms with van der Waals surface area (Å²) in [5.74, 6) is 2.07. The summed E-state index contributed by atoms with van der Waals surface area (Å²) in [4.78, 5) is 4.38. The van der Waals surface area contributed by atoms with Crippen molar-refractivity contribution in [3.8, 4) is 0 Å². The van der Waals surface area contributed by atoms with Crippen molar-refractivity contribution in [2.45, 2.75) is 31.6 Å². The molecule has 2 atom stereocenters. The number of aromatic nitrogens is 2. The summed E-state index contributed by atoms with van der Waals surface area (Å²) in [6.45, 7) is 2.09. The van der Waals surface area contributed by atoms with Gasteiger partial charge in [0.15, 0.2) is 15.7 Å². The van der Waals surface area contributed by atoms with Crippen LogP contribution in [0.3, 0.4) is 0 Å². The minimum atomic E-state index is -2.90. The van der Waals surface area contributed by atoms with Crippen LogP contribution in [0.1, 0.15) is 36.9 Å². The van der Waals surface area contributed by atoms with Gasteiger partial charge < -0.3 is 9.84 Å². The lowest BCUT2D eigenvalue weighted by atomic mass is 9.96. The molecule has 1 N–H and O–H groups in total. The van der Waals surface area contributed by atoms with E-state index in [2.05, 4.69) is 15.5 Å². The Morgan fingerprint density at radius 3 is 2.95 bits per heavy atom. The average molecular weight is 285 g/mol. The van der Waals surface area contributed by atoms with Crippen LogP contribution in [0.4, 0.5) is 0 Å². The second-order valence-electron chi connectivity index (χ2n) is 5.57. The van der Waals surface area contributed by atoms with Gasteiger partial charge in [0.2, 0.25) is 5.89 Å². The Bertz CT molecular complexity index is 534. The van der Waals surface area contributed by atoms with Crippen LogP contribution in [0.25, 0.3) is 0 Å². The molecule has 1 aromatic heterocycles. The van der Waals surface area contributed by atoms with E-state index in [0.29, 0.717) is 24.1 Å². The predicted molar refractivity (Wildman–Crippen MR) is 69.6 cm³/mol. The van der Waals surface area contributed by atoms with Gasteiger partial charge >= 0.3 is 0 Å². The molecule has 3 heterocycles. The van der Waals surface area contributed by atoms with Crippen molar-refractivity contribution < 1.29 is 12.9 Å². The zero-order chi connectivity index (χ0) is 13.3. The van der Waals surface area contributed by atoms with Gasteiger partial charge in [-0.25, -0.2) is 8.42 Å². The van der Waals surface area contributed by atoms with Gasteiger partial charge in [0.25, 0.3) is 0 Å². The largest absolute Gasteiger partial charge is 0.339 e. The highest BCUT2D eigenvalue weighted by Gasteiger charge is 2.33. The fourth-order valence-electron chi connectivity index (χ4n) is 2.86. The third kappa shape index (κ3) is 3.14.